The van der Waals surface area contributed by atoms with Crippen molar-refractivity contribution >= 4 is 23.2 Å². The van der Waals surface area contributed by atoms with E-state index in [1.807, 2.05) is 35.2 Å². The molecule has 0 aromatic heterocycles. The molecule has 3 rings (SSSR count). The van der Waals surface area contributed by atoms with Crippen LogP contribution in [0.15, 0.2) is 48.5 Å². The third kappa shape index (κ3) is 5.32. The van der Waals surface area contributed by atoms with Crippen LogP contribution in [0.5, 0.6) is 0 Å². The third-order valence-electron chi connectivity index (χ3n) is 5.07. The number of hydrogen-bond donors (Lipinski definition) is 2. The standard InChI is InChI=1S/C21H25N5O4/c1-22-18-8-7-17(13-19(18)26(29)30)21(28)25-11-9-24(10-12-25)15-20(27)23-14-16-5-3-2-4-6-16/h2-8,13,22H,9-12,14-15H2,1H3,(H,23,27). The number of nitro groups is 1. The lowest BCUT2D eigenvalue weighted by Gasteiger charge is -2.34. The molecule has 2 aromatic carbocycles. The first-order chi connectivity index (χ1) is 14.5. The molecule has 1 fully saturated rings. The Bertz CT molecular complexity index is 911. The Morgan fingerprint density at radius 1 is 1.07 bits per heavy atom. The molecule has 1 saturated heterocycles. The average Bonchev–Trinajstić information content (AvgIpc) is 2.78. The van der Waals surface area contributed by atoms with Gasteiger partial charge in [-0.2, -0.15) is 0 Å². The molecule has 1 aliphatic rings. The molecule has 0 radical (unpaired) electrons. The first kappa shape index (κ1) is 21.3. The lowest BCUT2D eigenvalue weighted by atomic mass is 10.1. The van der Waals surface area contributed by atoms with Gasteiger partial charge in [0.05, 0.1) is 11.5 Å². The quantitative estimate of drug-likeness (QED) is 0.531. The van der Waals surface area contributed by atoms with Gasteiger partial charge in [-0.15, -0.1) is 0 Å². The highest BCUT2D eigenvalue weighted by Crippen LogP contribution is 2.25. The van der Waals surface area contributed by atoms with Crippen LogP contribution in [-0.2, 0) is 11.3 Å². The van der Waals surface area contributed by atoms with Crippen molar-refractivity contribution in [1.82, 2.24) is 15.1 Å². The van der Waals surface area contributed by atoms with Gasteiger partial charge < -0.3 is 15.5 Å². The summed E-state index contributed by atoms with van der Waals surface area (Å²) in [7, 11) is 1.60. The maximum atomic E-state index is 12.7. The molecule has 158 valence electrons. The molecule has 0 aliphatic carbocycles. The summed E-state index contributed by atoms with van der Waals surface area (Å²) < 4.78 is 0. The van der Waals surface area contributed by atoms with Gasteiger partial charge in [0.1, 0.15) is 5.69 Å². The zero-order chi connectivity index (χ0) is 21.5. The summed E-state index contributed by atoms with van der Waals surface area (Å²) in [4.78, 5) is 39.3. The van der Waals surface area contributed by atoms with Crippen molar-refractivity contribution in [3.05, 3.63) is 69.8 Å². The minimum absolute atomic E-state index is 0.0584. The van der Waals surface area contributed by atoms with Crippen LogP contribution in [0.4, 0.5) is 11.4 Å². The number of carbonyl (C=O) groups is 2. The second-order valence-electron chi connectivity index (χ2n) is 7.07. The summed E-state index contributed by atoms with van der Waals surface area (Å²) in [6, 6.07) is 14.1. The minimum atomic E-state index is -0.505. The summed E-state index contributed by atoms with van der Waals surface area (Å²) in [5, 5.41) is 16.9. The van der Waals surface area contributed by atoms with Crippen LogP contribution in [0.3, 0.4) is 0 Å². The molecular formula is C21H25N5O4. The van der Waals surface area contributed by atoms with Crippen molar-refractivity contribution < 1.29 is 14.5 Å². The molecule has 2 N–H and O–H groups in total. The van der Waals surface area contributed by atoms with E-state index in [1.54, 1.807) is 24.1 Å². The van der Waals surface area contributed by atoms with E-state index in [0.29, 0.717) is 38.4 Å². The second kappa shape index (κ2) is 9.84. The predicted octanol–water partition coefficient (Wildman–Crippen LogP) is 1.71. The second-order valence-corrected chi connectivity index (χ2v) is 7.07. The predicted molar refractivity (Wildman–Crippen MR) is 113 cm³/mol. The molecular weight excluding hydrogens is 386 g/mol. The van der Waals surface area contributed by atoms with Gasteiger partial charge in [-0.3, -0.25) is 24.6 Å². The molecule has 30 heavy (non-hydrogen) atoms. The Morgan fingerprint density at radius 2 is 1.77 bits per heavy atom. The van der Waals surface area contributed by atoms with Crippen molar-refractivity contribution in [2.24, 2.45) is 0 Å². The minimum Gasteiger partial charge on any atom is -0.383 e. The molecule has 1 aliphatic heterocycles. The fourth-order valence-corrected chi connectivity index (χ4v) is 3.37. The molecule has 9 nitrogen and oxygen atoms in total. The van der Waals surface area contributed by atoms with Crippen LogP contribution in [0.1, 0.15) is 15.9 Å². The monoisotopic (exact) mass is 411 g/mol. The molecule has 2 amide bonds. The molecule has 9 heteroatoms. The number of nitrogens with one attached hydrogen (secondary N) is 2. The highest BCUT2D eigenvalue weighted by Gasteiger charge is 2.25. The Balaban J connectivity index is 1.50. The smallest absolute Gasteiger partial charge is 0.293 e. The van der Waals surface area contributed by atoms with Gasteiger partial charge in [-0.25, -0.2) is 0 Å². The fraction of sp³-hybridized carbons (Fsp3) is 0.333. The van der Waals surface area contributed by atoms with Gasteiger partial charge in [-0.1, -0.05) is 30.3 Å². The van der Waals surface area contributed by atoms with Crippen LogP contribution in [0.25, 0.3) is 0 Å². The summed E-state index contributed by atoms with van der Waals surface area (Å²) in [6.07, 6.45) is 0. The Morgan fingerprint density at radius 3 is 2.40 bits per heavy atom. The Hall–Kier alpha value is -3.46. The number of hydrogen-bond acceptors (Lipinski definition) is 6. The van der Waals surface area contributed by atoms with E-state index in [1.165, 1.54) is 6.07 Å². The number of nitrogens with zero attached hydrogens (tertiary/aromatic N) is 3. The number of amides is 2. The maximum Gasteiger partial charge on any atom is 0.293 e. The molecule has 0 atom stereocenters. The van der Waals surface area contributed by atoms with Gasteiger partial charge in [0.25, 0.3) is 11.6 Å². The molecule has 1 heterocycles. The Kier molecular flexibility index (Phi) is 6.97. The topological polar surface area (TPSA) is 108 Å². The summed E-state index contributed by atoms with van der Waals surface area (Å²) in [5.41, 5.74) is 1.56. The van der Waals surface area contributed by atoms with E-state index in [-0.39, 0.29) is 29.6 Å². The van der Waals surface area contributed by atoms with Crippen molar-refractivity contribution in [2.75, 3.05) is 45.1 Å². The average molecular weight is 411 g/mol. The van der Waals surface area contributed by atoms with Gasteiger partial charge in [-0.05, 0) is 17.7 Å². The number of rotatable bonds is 7. The number of nitro benzene ring substituents is 1. The number of benzene rings is 2. The highest BCUT2D eigenvalue weighted by molar-refractivity contribution is 5.95. The first-order valence-corrected chi connectivity index (χ1v) is 9.76. The van der Waals surface area contributed by atoms with Crippen LogP contribution in [0.2, 0.25) is 0 Å². The summed E-state index contributed by atoms with van der Waals surface area (Å²) in [6.45, 7) is 2.83. The zero-order valence-corrected chi connectivity index (χ0v) is 16.8. The fourth-order valence-electron chi connectivity index (χ4n) is 3.37. The van der Waals surface area contributed by atoms with Crippen molar-refractivity contribution in [1.29, 1.82) is 0 Å². The molecule has 0 unspecified atom stereocenters. The van der Waals surface area contributed by atoms with Crippen LogP contribution in [0, 0.1) is 10.1 Å². The van der Waals surface area contributed by atoms with Crippen LogP contribution >= 0.6 is 0 Å². The lowest BCUT2D eigenvalue weighted by Crippen LogP contribution is -2.51. The number of carbonyl (C=O) groups excluding carboxylic acids is 2. The highest BCUT2D eigenvalue weighted by atomic mass is 16.6. The van der Waals surface area contributed by atoms with E-state index in [2.05, 4.69) is 10.6 Å². The van der Waals surface area contributed by atoms with E-state index in [9.17, 15) is 19.7 Å². The molecule has 0 saturated carbocycles. The number of anilines is 1. The molecule has 0 spiro atoms. The van der Waals surface area contributed by atoms with Gasteiger partial charge in [0.2, 0.25) is 5.91 Å². The third-order valence-corrected chi connectivity index (χ3v) is 5.07. The normalized spacial score (nSPS) is 14.2. The lowest BCUT2D eigenvalue weighted by molar-refractivity contribution is -0.384. The van der Waals surface area contributed by atoms with Crippen LogP contribution < -0.4 is 10.6 Å². The Labute approximate surface area is 174 Å². The van der Waals surface area contributed by atoms with Crippen molar-refractivity contribution in [2.45, 2.75) is 6.54 Å². The summed E-state index contributed by atoms with van der Waals surface area (Å²) in [5.74, 6) is -0.300. The van der Waals surface area contributed by atoms with Gasteiger partial charge in [0.15, 0.2) is 0 Å². The van der Waals surface area contributed by atoms with Gasteiger partial charge >= 0.3 is 0 Å². The SMILES string of the molecule is CNc1ccc(C(=O)N2CCN(CC(=O)NCc3ccccc3)CC2)cc1[N+](=O)[O-]. The van der Waals surface area contributed by atoms with E-state index < -0.39 is 4.92 Å². The largest absolute Gasteiger partial charge is 0.383 e. The number of piperazine rings is 1. The van der Waals surface area contributed by atoms with E-state index in [4.69, 9.17) is 0 Å². The zero-order valence-electron chi connectivity index (χ0n) is 16.8. The van der Waals surface area contributed by atoms with Gasteiger partial charge in [0, 0.05) is 51.4 Å². The molecule has 0 bridgehead atoms. The van der Waals surface area contributed by atoms with Crippen LogP contribution in [-0.4, -0.2) is 66.3 Å². The summed E-state index contributed by atoms with van der Waals surface area (Å²) >= 11 is 0. The van der Waals surface area contributed by atoms with Crippen molar-refractivity contribution in [3.8, 4) is 0 Å². The van der Waals surface area contributed by atoms with Crippen molar-refractivity contribution in [3.63, 3.8) is 0 Å². The molecule has 2 aromatic rings. The first-order valence-electron chi connectivity index (χ1n) is 9.76. The maximum absolute atomic E-state index is 12.7. The van der Waals surface area contributed by atoms with E-state index in [0.717, 1.165) is 5.56 Å². The van der Waals surface area contributed by atoms with E-state index >= 15 is 0 Å².